The minimum absolute atomic E-state index is 0.0382. The largest absolute Gasteiger partial charge is 0.367 e. The average molecular weight is 645 g/mol. The van der Waals surface area contributed by atoms with Crippen molar-refractivity contribution in [3.8, 4) is 0 Å². The monoisotopic (exact) mass is 644 g/mol. The average Bonchev–Trinajstić information content (AvgIpc) is 3.27. The van der Waals surface area contributed by atoms with E-state index in [0.717, 1.165) is 36.2 Å². The molecule has 0 radical (unpaired) electrons. The zero-order valence-electron chi connectivity index (χ0n) is 28.4. The first-order chi connectivity index (χ1) is 21.4. The Morgan fingerprint density at radius 1 is 1.00 bits per heavy atom. The number of fused-ring (bicyclic) bond motifs is 6. The SMILES string of the molecule is CC(C)(C)/C=C/c1ccc(CC2CC[C@@H]3CN(c4nc(C(C)(C)C)ccc4C(=O)NS(=O)(=O)c4cccc(n4)N2)C(C)(C)C3)nc1. The molecule has 4 bridgehead atoms. The molecule has 1 fully saturated rings. The fourth-order valence-electron chi connectivity index (χ4n) is 6.20. The summed E-state index contributed by atoms with van der Waals surface area (Å²) in [6, 6.07) is 12.4. The number of allylic oxidation sites excluding steroid dienone is 1. The Kier molecular flexibility index (Phi) is 9.07. The molecule has 0 aromatic carbocycles. The van der Waals surface area contributed by atoms with E-state index in [1.165, 1.54) is 6.07 Å². The van der Waals surface area contributed by atoms with Crippen LogP contribution >= 0.6 is 0 Å². The summed E-state index contributed by atoms with van der Waals surface area (Å²) >= 11 is 0. The molecule has 246 valence electrons. The van der Waals surface area contributed by atoms with Gasteiger partial charge in [-0.3, -0.25) is 9.78 Å². The summed E-state index contributed by atoms with van der Waals surface area (Å²) in [5.74, 6) is 0.581. The van der Waals surface area contributed by atoms with Crippen molar-refractivity contribution in [1.29, 1.82) is 0 Å². The van der Waals surface area contributed by atoms with E-state index in [2.05, 4.69) is 99.6 Å². The van der Waals surface area contributed by atoms with Crippen molar-refractivity contribution in [1.82, 2.24) is 19.7 Å². The number of sulfonamides is 1. The van der Waals surface area contributed by atoms with Crippen LogP contribution in [0.15, 0.2) is 59.8 Å². The third kappa shape index (κ3) is 7.94. The van der Waals surface area contributed by atoms with Crippen molar-refractivity contribution in [2.75, 3.05) is 16.8 Å². The number of hydrogen-bond acceptors (Lipinski definition) is 8. The second-order valence-electron chi connectivity index (χ2n) is 15.5. The van der Waals surface area contributed by atoms with Crippen LogP contribution in [0.4, 0.5) is 11.6 Å². The molecule has 2 atom stereocenters. The Balaban J connectivity index is 1.51. The van der Waals surface area contributed by atoms with Gasteiger partial charge in [0.25, 0.3) is 15.9 Å². The van der Waals surface area contributed by atoms with Gasteiger partial charge < -0.3 is 10.2 Å². The number of carbonyl (C=O) groups is 1. The van der Waals surface area contributed by atoms with Gasteiger partial charge in [-0.25, -0.2) is 14.7 Å². The molecular weight excluding hydrogens is 597 g/mol. The topological polar surface area (TPSA) is 117 Å². The molecule has 2 aliphatic rings. The van der Waals surface area contributed by atoms with Crippen LogP contribution in [0.1, 0.15) is 102 Å². The maximum Gasteiger partial charge on any atom is 0.281 e. The molecule has 1 saturated heterocycles. The first-order valence-corrected chi connectivity index (χ1v) is 17.6. The van der Waals surface area contributed by atoms with Gasteiger partial charge >= 0.3 is 0 Å². The molecule has 10 heteroatoms. The lowest BCUT2D eigenvalue weighted by Crippen LogP contribution is -2.41. The quantitative estimate of drug-likeness (QED) is 0.321. The predicted molar refractivity (Wildman–Crippen MR) is 184 cm³/mol. The Bertz CT molecular complexity index is 1720. The lowest BCUT2D eigenvalue weighted by atomic mass is 9.90. The van der Waals surface area contributed by atoms with Gasteiger partial charge in [-0.2, -0.15) is 8.42 Å². The molecule has 0 saturated carbocycles. The number of pyridine rings is 3. The molecule has 1 unspecified atom stereocenters. The second kappa shape index (κ2) is 12.4. The predicted octanol–water partition coefficient (Wildman–Crippen LogP) is 6.77. The van der Waals surface area contributed by atoms with Gasteiger partial charge in [0.05, 0.1) is 5.56 Å². The number of amides is 1. The van der Waals surface area contributed by atoms with E-state index >= 15 is 0 Å². The van der Waals surface area contributed by atoms with Crippen LogP contribution in [0.3, 0.4) is 0 Å². The number of rotatable bonds is 3. The highest BCUT2D eigenvalue weighted by molar-refractivity contribution is 7.90. The molecule has 0 spiro atoms. The minimum atomic E-state index is -4.27. The van der Waals surface area contributed by atoms with Gasteiger partial charge in [-0.15, -0.1) is 0 Å². The molecule has 2 N–H and O–H groups in total. The smallest absolute Gasteiger partial charge is 0.281 e. The molecule has 3 aromatic heterocycles. The normalized spacial score (nSPS) is 21.6. The second-order valence-corrected chi connectivity index (χ2v) is 17.1. The molecular formula is C36H48N6O3S. The van der Waals surface area contributed by atoms with E-state index < -0.39 is 15.9 Å². The number of aromatic nitrogens is 3. The standard InChI is InChI=1S/C36H48N6O3S/c1-34(2,3)19-18-24-12-14-26(37-22-24)20-27-15-13-25-21-36(7,8)42(23-25)32-28(16-17-29(39-32)35(4,5)6)33(43)41-46(44,45)31-11-9-10-30(38-27)40-31/h9-12,14,16-19,22,25,27H,13,15,20-21,23H2,1-8H3,(H,38,40)(H,41,43)/b19-18+/t25-,27?/m0/s1. The van der Waals surface area contributed by atoms with Crippen molar-refractivity contribution in [2.45, 2.75) is 103 Å². The zero-order valence-corrected chi connectivity index (χ0v) is 29.2. The number of carbonyl (C=O) groups excluding carboxylic acids is 1. The van der Waals surface area contributed by atoms with E-state index in [4.69, 9.17) is 9.97 Å². The van der Waals surface area contributed by atoms with E-state index in [1.807, 2.05) is 12.3 Å². The van der Waals surface area contributed by atoms with Crippen molar-refractivity contribution in [2.24, 2.45) is 11.3 Å². The Morgan fingerprint density at radius 3 is 2.43 bits per heavy atom. The van der Waals surface area contributed by atoms with Gasteiger partial charge in [0.2, 0.25) is 0 Å². The van der Waals surface area contributed by atoms with Crippen molar-refractivity contribution in [3.05, 3.63) is 77.3 Å². The summed E-state index contributed by atoms with van der Waals surface area (Å²) in [5.41, 5.74) is 2.61. The summed E-state index contributed by atoms with van der Waals surface area (Å²) in [5, 5.41) is 3.27. The van der Waals surface area contributed by atoms with Gasteiger partial charge in [0.15, 0.2) is 5.03 Å². The van der Waals surface area contributed by atoms with Gasteiger partial charge in [0.1, 0.15) is 11.6 Å². The summed E-state index contributed by atoms with van der Waals surface area (Å²) in [6.45, 7) is 17.8. The molecule has 3 aromatic rings. The van der Waals surface area contributed by atoms with Gasteiger partial charge in [-0.1, -0.05) is 65.8 Å². The molecule has 2 aliphatic heterocycles. The number of anilines is 2. The van der Waals surface area contributed by atoms with Crippen LogP contribution in [0.25, 0.3) is 6.08 Å². The zero-order chi connectivity index (χ0) is 33.5. The Hall–Kier alpha value is -3.79. The lowest BCUT2D eigenvalue weighted by Gasteiger charge is -2.34. The summed E-state index contributed by atoms with van der Waals surface area (Å²) < 4.78 is 29.2. The number of nitrogens with one attached hydrogen (secondary N) is 2. The number of nitrogens with zero attached hydrogens (tertiary/aromatic N) is 4. The van der Waals surface area contributed by atoms with E-state index in [9.17, 15) is 13.2 Å². The van der Waals surface area contributed by atoms with Gasteiger partial charge in [0, 0.05) is 47.5 Å². The van der Waals surface area contributed by atoms with Crippen LogP contribution in [0.2, 0.25) is 0 Å². The third-order valence-electron chi connectivity index (χ3n) is 8.68. The summed E-state index contributed by atoms with van der Waals surface area (Å²) in [6.07, 6.45) is 9.50. The van der Waals surface area contributed by atoms with Crippen LogP contribution in [0.5, 0.6) is 0 Å². The highest BCUT2D eigenvalue weighted by atomic mass is 32.2. The molecule has 46 heavy (non-hydrogen) atoms. The first kappa shape index (κ1) is 33.6. The Labute approximate surface area is 274 Å². The van der Waals surface area contributed by atoms with E-state index in [-0.39, 0.29) is 33.0 Å². The summed E-state index contributed by atoms with van der Waals surface area (Å²) in [4.78, 5) is 30.0. The molecule has 0 aliphatic carbocycles. The van der Waals surface area contributed by atoms with Crippen molar-refractivity contribution in [3.63, 3.8) is 0 Å². The minimum Gasteiger partial charge on any atom is -0.367 e. The Morgan fingerprint density at radius 2 is 1.76 bits per heavy atom. The molecule has 1 amide bonds. The fourth-order valence-corrected chi connectivity index (χ4v) is 7.14. The van der Waals surface area contributed by atoms with Crippen LogP contribution in [0, 0.1) is 11.3 Å². The summed E-state index contributed by atoms with van der Waals surface area (Å²) in [7, 11) is -4.27. The number of hydrogen-bond donors (Lipinski definition) is 2. The van der Waals surface area contributed by atoms with Gasteiger partial charge in [-0.05, 0) is 80.3 Å². The molecule has 9 nitrogen and oxygen atoms in total. The van der Waals surface area contributed by atoms with Crippen LogP contribution in [-0.4, -0.2) is 47.4 Å². The maximum atomic E-state index is 13.7. The third-order valence-corrected chi connectivity index (χ3v) is 9.92. The first-order valence-electron chi connectivity index (χ1n) is 16.1. The van der Waals surface area contributed by atoms with Crippen molar-refractivity contribution >= 4 is 33.6 Å². The highest BCUT2D eigenvalue weighted by Crippen LogP contribution is 2.40. The van der Waals surface area contributed by atoms with Crippen LogP contribution < -0.4 is 14.9 Å². The molecule has 5 heterocycles. The fraction of sp³-hybridized carbons (Fsp3) is 0.500. The molecule has 5 rings (SSSR count). The lowest BCUT2D eigenvalue weighted by molar-refractivity contribution is 0.0981. The van der Waals surface area contributed by atoms with E-state index in [1.54, 1.807) is 18.2 Å². The van der Waals surface area contributed by atoms with E-state index in [0.29, 0.717) is 30.5 Å². The van der Waals surface area contributed by atoms with Crippen LogP contribution in [-0.2, 0) is 21.9 Å². The highest BCUT2D eigenvalue weighted by Gasteiger charge is 2.41. The maximum absolute atomic E-state index is 13.7. The van der Waals surface area contributed by atoms with Crippen molar-refractivity contribution < 1.29 is 13.2 Å².